The summed E-state index contributed by atoms with van der Waals surface area (Å²) in [5.74, 6) is -0.166. The van der Waals surface area contributed by atoms with Gasteiger partial charge in [0.05, 0.1) is 6.10 Å². The fourth-order valence-corrected chi connectivity index (χ4v) is 2.92. The molecular formula is C22H31NO6S. The number of aliphatic hydroxyl groups excluding tert-OH is 1. The summed E-state index contributed by atoms with van der Waals surface area (Å²) in [7, 11) is -3.34. The van der Waals surface area contributed by atoms with E-state index in [1.165, 1.54) is 0 Å². The van der Waals surface area contributed by atoms with Crippen LogP contribution in [-0.4, -0.2) is 50.0 Å². The van der Waals surface area contributed by atoms with Crippen LogP contribution in [0.1, 0.15) is 32.8 Å². The van der Waals surface area contributed by atoms with Gasteiger partial charge in [0.1, 0.15) is 6.61 Å². The predicted molar refractivity (Wildman–Crippen MR) is 118 cm³/mol. The molecule has 0 aliphatic heterocycles. The van der Waals surface area contributed by atoms with Crippen LogP contribution in [0.5, 0.6) is 11.5 Å². The lowest BCUT2D eigenvalue weighted by Gasteiger charge is -2.10. The summed E-state index contributed by atoms with van der Waals surface area (Å²) >= 11 is 0. The zero-order valence-electron chi connectivity index (χ0n) is 17.9. The van der Waals surface area contributed by atoms with Gasteiger partial charge >= 0.3 is 0 Å². The number of hydrogen-bond acceptors (Lipinski definition) is 6. The van der Waals surface area contributed by atoms with E-state index in [-0.39, 0.29) is 12.4 Å². The third-order valence-corrected chi connectivity index (χ3v) is 4.56. The number of phenols is 1. The van der Waals surface area contributed by atoms with Gasteiger partial charge < -0.3 is 20.3 Å². The molecule has 0 aliphatic carbocycles. The number of amides is 1. The van der Waals surface area contributed by atoms with E-state index < -0.39 is 21.8 Å². The quantitative estimate of drug-likeness (QED) is 0.362. The van der Waals surface area contributed by atoms with Crippen molar-refractivity contribution in [2.75, 3.05) is 19.4 Å². The standard InChI is InChI=1S/C22H31NO6S/c1-16(2)13-19(24)14-17(3)8-11-29-21-6-5-18(15-20(21)25)7-10-23-22(26)9-12-30(4,27)28/h5-6,8-9,12-13,15,19,24-25H,7,10-11,14H2,1-4H3,(H,23,26)/t19-/m0/s1. The number of allylic oxidation sites excluding steroid dienone is 1. The summed E-state index contributed by atoms with van der Waals surface area (Å²) in [5.41, 5.74) is 2.84. The topological polar surface area (TPSA) is 113 Å². The number of carbonyl (C=O) groups excluding carboxylic acids is 1. The van der Waals surface area contributed by atoms with Crippen molar-refractivity contribution in [1.82, 2.24) is 5.32 Å². The van der Waals surface area contributed by atoms with Crippen LogP contribution in [-0.2, 0) is 21.1 Å². The molecule has 1 amide bonds. The Morgan fingerprint density at radius 3 is 2.57 bits per heavy atom. The van der Waals surface area contributed by atoms with Crippen molar-refractivity contribution in [3.05, 3.63) is 58.5 Å². The average Bonchev–Trinajstić information content (AvgIpc) is 2.60. The summed E-state index contributed by atoms with van der Waals surface area (Å²) in [5, 5.41) is 23.4. The van der Waals surface area contributed by atoms with E-state index in [9.17, 15) is 23.4 Å². The van der Waals surface area contributed by atoms with Crippen LogP contribution in [0.4, 0.5) is 0 Å². The first-order valence-corrected chi connectivity index (χ1v) is 11.5. The van der Waals surface area contributed by atoms with Crippen LogP contribution in [0.15, 0.2) is 53.0 Å². The van der Waals surface area contributed by atoms with Crippen LogP contribution >= 0.6 is 0 Å². The molecule has 0 saturated heterocycles. The molecule has 0 radical (unpaired) electrons. The van der Waals surface area contributed by atoms with Crippen molar-refractivity contribution < 1.29 is 28.2 Å². The number of phenolic OH excluding ortho intramolecular Hbond substituents is 1. The third kappa shape index (κ3) is 11.4. The Labute approximate surface area is 178 Å². The van der Waals surface area contributed by atoms with Gasteiger partial charge in [0.2, 0.25) is 5.91 Å². The Hall–Kier alpha value is -2.58. The second-order valence-corrected chi connectivity index (χ2v) is 9.28. The number of aliphatic hydroxyl groups is 1. The van der Waals surface area contributed by atoms with Crippen LogP contribution in [0.2, 0.25) is 0 Å². The Morgan fingerprint density at radius 2 is 1.97 bits per heavy atom. The average molecular weight is 438 g/mol. The monoisotopic (exact) mass is 437 g/mol. The summed E-state index contributed by atoms with van der Waals surface area (Å²) in [6.07, 6.45) is 6.09. The molecule has 0 aliphatic rings. The maximum Gasteiger partial charge on any atom is 0.244 e. The van der Waals surface area contributed by atoms with Crippen molar-refractivity contribution in [2.24, 2.45) is 0 Å². The van der Waals surface area contributed by atoms with Gasteiger partial charge in [0, 0.05) is 24.3 Å². The first-order chi connectivity index (χ1) is 14.0. The largest absolute Gasteiger partial charge is 0.504 e. The molecule has 7 nitrogen and oxygen atoms in total. The highest BCUT2D eigenvalue weighted by atomic mass is 32.2. The van der Waals surface area contributed by atoms with E-state index in [1.54, 1.807) is 24.3 Å². The zero-order valence-corrected chi connectivity index (χ0v) is 18.7. The van der Waals surface area contributed by atoms with Gasteiger partial charge in [-0.25, -0.2) is 8.42 Å². The summed E-state index contributed by atoms with van der Waals surface area (Å²) < 4.78 is 27.5. The number of ether oxygens (including phenoxy) is 1. The smallest absolute Gasteiger partial charge is 0.244 e. The number of hydrogen-bond donors (Lipinski definition) is 3. The Morgan fingerprint density at radius 1 is 1.27 bits per heavy atom. The molecule has 8 heteroatoms. The van der Waals surface area contributed by atoms with Crippen LogP contribution in [0.3, 0.4) is 0 Å². The number of benzene rings is 1. The van der Waals surface area contributed by atoms with E-state index in [2.05, 4.69) is 5.32 Å². The van der Waals surface area contributed by atoms with Crippen LogP contribution in [0, 0.1) is 0 Å². The molecule has 0 unspecified atom stereocenters. The number of carbonyl (C=O) groups is 1. The molecule has 0 fully saturated rings. The molecular weight excluding hydrogens is 406 g/mol. The van der Waals surface area contributed by atoms with Crippen LogP contribution in [0.25, 0.3) is 0 Å². The number of sulfone groups is 1. The van der Waals surface area contributed by atoms with E-state index in [1.807, 2.05) is 26.8 Å². The highest BCUT2D eigenvalue weighted by Gasteiger charge is 2.06. The van der Waals surface area contributed by atoms with Crippen molar-refractivity contribution in [2.45, 2.75) is 39.7 Å². The molecule has 166 valence electrons. The van der Waals surface area contributed by atoms with Crippen molar-refractivity contribution in [1.29, 1.82) is 0 Å². The fourth-order valence-electron chi connectivity index (χ4n) is 2.55. The van der Waals surface area contributed by atoms with Gasteiger partial charge in [-0.15, -0.1) is 0 Å². The predicted octanol–water partition coefficient (Wildman–Crippen LogP) is 2.65. The lowest BCUT2D eigenvalue weighted by atomic mass is 10.1. The molecule has 0 heterocycles. The normalized spacial score (nSPS) is 13.2. The van der Waals surface area contributed by atoms with E-state index in [0.717, 1.165) is 34.4 Å². The van der Waals surface area contributed by atoms with Crippen molar-refractivity contribution in [3.8, 4) is 11.5 Å². The fraction of sp³-hybridized carbons (Fsp3) is 0.409. The van der Waals surface area contributed by atoms with E-state index in [4.69, 9.17) is 4.74 Å². The molecule has 3 N–H and O–H groups in total. The SMILES string of the molecule is CC(C)=C[C@H](O)CC(C)=CCOc1ccc(CCNC(=O)C=CS(C)(=O)=O)cc1O. The third-order valence-electron chi connectivity index (χ3n) is 3.93. The molecule has 30 heavy (non-hydrogen) atoms. The highest BCUT2D eigenvalue weighted by Crippen LogP contribution is 2.27. The molecule has 1 aromatic rings. The van der Waals surface area contributed by atoms with Gasteiger partial charge in [0.15, 0.2) is 21.3 Å². The minimum atomic E-state index is -3.34. The van der Waals surface area contributed by atoms with Gasteiger partial charge in [-0.2, -0.15) is 0 Å². The minimum absolute atomic E-state index is 0.00794. The molecule has 1 rings (SSSR count). The number of aromatic hydroxyl groups is 1. The minimum Gasteiger partial charge on any atom is -0.504 e. The lowest BCUT2D eigenvalue weighted by Crippen LogP contribution is -2.23. The van der Waals surface area contributed by atoms with E-state index >= 15 is 0 Å². The van der Waals surface area contributed by atoms with Crippen molar-refractivity contribution in [3.63, 3.8) is 0 Å². The Bertz CT molecular complexity index is 912. The second-order valence-electron chi connectivity index (χ2n) is 7.35. The summed E-state index contributed by atoms with van der Waals surface area (Å²) in [6, 6.07) is 4.99. The van der Waals surface area contributed by atoms with Crippen molar-refractivity contribution >= 4 is 15.7 Å². The Kier molecular flexibility index (Phi) is 10.3. The van der Waals surface area contributed by atoms with Gasteiger partial charge in [0.25, 0.3) is 0 Å². The molecule has 1 aromatic carbocycles. The van der Waals surface area contributed by atoms with Crippen LogP contribution < -0.4 is 10.1 Å². The van der Waals surface area contributed by atoms with Gasteiger partial charge in [-0.3, -0.25) is 4.79 Å². The first kappa shape index (κ1) is 25.5. The maximum atomic E-state index is 11.5. The molecule has 0 saturated carbocycles. The molecule has 1 atom stereocenters. The zero-order chi connectivity index (χ0) is 22.7. The maximum absolute atomic E-state index is 11.5. The Balaban J connectivity index is 2.50. The highest BCUT2D eigenvalue weighted by molar-refractivity contribution is 7.93. The molecule has 0 bridgehead atoms. The number of rotatable bonds is 11. The summed E-state index contributed by atoms with van der Waals surface area (Å²) in [4.78, 5) is 11.5. The molecule has 0 spiro atoms. The summed E-state index contributed by atoms with van der Waals surface area (Å²) in [6.45, 7) is 6.34. The van der Waals surface area contributed by atoms with Gasteiger partial charge in [-0.1, -0.05) is 23.3 Å². The first-order valence-electron chi connectivity index (χ1n) is 9.55. The van der Waals surface area contributed by atoms with Gasteiger partial charge in [-0.05, 0) is 57.4 Å². The second kappa shape index (κ2) is 12.2. The van der Waals surface area contributed by atoms with E-state index in [0.29, 0.717) is 25.1 Å². The number of nitrogens with one attached hydrogen (secondary N) is 1. The molecule has 0 aromatic heterocycles. The lowest BCUT2D eigenvalue weighted by molar-refractivity contribution is -0.116.